The van der Waals surface area contributed by atoms with E-state index in [4.69, 9.17) is 16.3 Å². The van der Waals surface area contributed by atoms with Gasteiger partial charge in [0.25, 0.3) is 0 Å². The van der Waals surface area contributed by atoms with Gasteiger partial charge in [0.15, 0.2) is 0 Å². The molecule has 0 aromatic heterocycles. The lowest BCUT2D eigenvalue weighted by Gasteiger charge is -2.16. The number of rotatable bonds is 4. The Morgan fingerprint density at radius 3 is 2.96 bits per heavy atom. The molecule has 1 aliphatic heterocycles. The molecule has 0 spiro atoms. The van der Waals surface area contributed by atoms with E-state index in [9.17, 15) is 4.79 Å². The van der Waals surface area contributed by atoms with Gasteiger partial charge in [-0.25, -0.2) is 0 Å². The molecule has 2 aromatic carbocycles. The fraction of sp³-hybridized carbons (Fsp3) is 0.150. The van der Waals surface area contributed by atoms with E-state index in [-0.39, 0.29) is 5.91 Å². The Bertz CT molecular complexity index is 824. The van der Waals surface area contributed by atoms with Crippen molar-refractivity contribution in [2.75, 3.05) is 11.9 Å². The summed E-state index contributed by atoms with van der Waals surface area (Å²) in [6.45, 7) is 2.50. The van der Waals surface area contributed by atoms with Gasteiger partial charge in [0.05, 0.1) is 0 Å². The molecule has 0 radical (unpaired) electrons. The molecule has 2 aromatic rings. The highest BCUT2D eigenvalue weighted by atomic mass is 35.5. The lowest BCUT2D eigenvalue weighted by molar-refractivity contribution is -0.111. The summed E-state index contributed by atoms with van der Waals surface area (Å²) < 4.78 is 5.67. The second kappa shape index (κ2) is 7.37. The predicted octanol–water partition coefficient (Wildman–Crippen LogP) is 4.87. The molecule has 4 heteroatoms. The number of hydrogen-bond donors (Lipinski definition) is 1. The molecule has 0 aliphatic carbocycles. The highest BCUT2D eigenvalue weighted by Crippen LogP contribution is 2.29. The van der Waals surface area contributed by atoms with Crippen LogP contribution >= 0.6 is 11.6 Å². The summed E-state index contributed by atoms with van der Waals surface area (Å²) in [6, 6.07) is 13.3. The molecule has 1 N–H and O–H groups in total. The first-order chi connectivity index (χ1) is 11.7. The number of hydrogen-bond acceptors (Lipinski definition) is 2. The van der Waals surface area contributed by atoms with Gasteiger partial charge in [-0.2, -0.15) is 0 Å². The summed E-state index contributed by atoms with van der Waals surface area (Å²) in [4.78, 5) is 12.1. The molecule has 3 nitrogen and oxygen atoms in total. The number of carbonyl (C=O) groups is 1. The normalized spacial score (nSPS) is 13.2. The van der Waals surface area contributed by atoms with Crippen LogP contribution in [0.3, 0.4) is 0 Å². The van der Waals surface area contributed by atoms with Gasteiger partial charge < -0.3 is 10.1 Å². The Labute approximate surface area is 146 Å². The lowest BCUT2D eigenvalue weighted by atomic mass is 10.1. The third-order valence-electron chi connectivity index (χ3n) is 3.81. The maximum absolute atomic E-state index is 12.1. The van der Waals surface area contributed by atoms with E-state index in [0.717, 1.165) is 34.6 Å². The van der Waals surface area contributed by atoms with E-state index in [0.29, 0.717) is 11.6 Å². The van der Waals surface area contributed by atoms with E-state index in [1.807, 2.05) is 42.5 Å². The van der Waals surface area contributed by atoms with Gasteiger partial charge in [0.2, 0.25) is 5.91 Å². The van der Waals surface area contributed by atoms with Gasteiger partial charge in [-0.05, 0) is 47.9 Å². The zero-order chi connectivity index (χ0) is 16.9. The van der Waals surface area contributed by atoms with Gasteiger partial charge in [0, 0.05) is 22.3 Å². The van der Waals surface area contributed by atoms with Crippen LogP contribution in [0.4, 0.5) is 5.69 Å². The maximum Gasteiger partial charge on any atom is 0.248 e. The summed E-state index contributed by atoms with van der Waals surface area (Å²) in [7, 11) is 0. The van der Waals surface area contributed by atoms with Crippen LogP contribution in [-0.2, 0) is 11.2 Å². The Morgan fingerprint density at radius 2 is 2.12 bits per heavy atom. The zero-order valence-corrected chi connectivity index (χ0v) is 14.1. The molecule has 0 atom stereocenters. The van der Waals surface area contributed by atoms with Gasteiger partial charge in [0.1, 0.15) is 12.4 Å². The van der Waals surface area contributed by atoms with Crippen molar-refractivity contribution in [1.82, 2.24) is 0 Å². The van der Waals surface area contributed by atoms with Crippen LogP contribution in [0.2, 0.25) is 5.02 Å². The minimum Gasteiger partial charge on any atom is -0.488 e. The molecule has 1 heterocycles. The summed E-state index contributed by atoms with van der Waals surface area (Å²) >= 11 is 6.00. The highest BCUT2D eigenvalue weighted by molar-refractivity contribution is 6.30. The molecule has 122 valence electrons. The standard InChI is InChI=1S/C20H18ClNO2/c1-2-15-5-3-4-6-18(15)22-20(23)10-7-14-11-16-12-17(21)8-9-19(16)24-13-14/h3-12H,2,13H2,1H3,(H,22,23)/b10-7+. The number of para-hydroxylation sites is 1. The summed E-state index contributed by atoms with van der Waals surface area (Å²) in [5.74, 6) is 0.645. The first kappa shape index (κ1) is 16.3. The van der Waals surface area contributed by atoms with Crippen molar-refractivity contribution in [2.24, 2.45) is 0 Å². The number of anilines is 1. The monoisotopic (exact) mass is 339 g/mol. The lowest BCUT2D eigenvalue weighted by Crippen LogP contribution is -2.11. The van der Waals surface area contributed by atoms with Crippen molar-refractivity contribution in [3.8, 4) is 5.75 Å². The van der Waals surface area contributed by atoms with Crippen LogP contribution in [-0.4, -0.2) is 12.5 Å². The SMILES string of the molecule is CCc1ccccc1NC(=O)/C=C/C1=Cc2cc(Cl)ccc2OC1. The number of fused-ring (bicyclic) bond motifs is 1. The summed E-state index contributed by atoms with van der Waals surface area (Å²) in [5.41, 5.74) is 3.80. The Kier molecular flexibility index (Phi) is 5.02. The van der Waals surface area contributed by atoms with Gasteiger partial charge in [-0.15, -0.1) is 0 Å². The highest BCUT2D eigenvalue weighted by Gasteiger charge is 2.10. The van der Waals surface area contributed by atoms with Crippen molar-refractivity contribution < 1.29 is 9.53 Å². The molecule has 1 aliphatic rings. The fourth-order valence-electron chi connectivity index (χ4n) is 2.57. The van der Waals surface area contributed by atoms with E-state index in [1.54, 1.807) is 12.1 Å². The average molecular weight is 340 g/mol. The Balaban J connectivity index is 1.71. The van der Waals surface area contributed by atoms with E-state index >= 15 is 0 Å². The Morgan fingerprint density at radius 1 is 1.29 bits per heavy atom. The molecule has 24 heavy (non-hydrogen) atoms. The predicted molar refractivity (Wildman–Crippen MR) is 98.5 cm³/mol. The maximum atomic E-state index is 12.1. The van der Waals surface area contributed by atoms with E-state index in [2.05, 4.69) is 12.2 Å². The minimum absolute atomic E-state index is 0.159. The first-order valence-corrected chi connectivity index (χ1v) is 8.23. The molecule has 0 saturated carbocycles. The smallest absolute Gasteiger partial charge is 0.248 e. The molecule has 0 fully saturated rings. The fourth-order valence-corrected chi connectivity index (χ4v) is 2.75. The van der Waals surface area contributed by atoms with Crippen LogP contribution in [0.15, 0.2) is 60.2 Å². The molecule has 3 rings (SSSR count). The van der Waals surface area contributed by atoms with Crippen molar-refractivity contribution in [3.63, 3.8) is 0 Å². The van der Waals surface area contributed by atoms with Crippen LogP contribution < -0.4 is 10.1 Å². The number of ether oxygens (including phenoxy) is 1. The zero-order valence-electron chi connectivity index (χ0n) is 13.4. The second-order valence-electron chi connectivity index (χ2n) is 5.52. The molecular formula is C20H18ClNO2. The topological polar surface area (TPSA) is 38.3 Å². The molecule has 0 bridgehead atoms. The molecule has 0 unspecified atom stereocenters. The van der Waals surface area contributed by atoms with Crippen LogP contribution in [0.5, 0.6) is 5.75 Å². The average Bonchev–Trinajstić information content (AvgIpc) is 2.60. The van der Waals surface area contributed by atoms with Gasteiger partial charge in [-0.3, -0.25) is 4.79 Å². The third-order valence-corrected chi connectivity index (χ3v) is 4.05. The molecular weight excluding hydrogens is 322 g/mol. The summed E-state index contributed by atoms with van der Waals surface area (Å²) in [6.07, 6.45) is 6.15. The number of amides is 1. The van der Waals surface area contributed by atoms with Crippen molar-refractivity contribution >= 4 is 29.3 Å². The van der Waals surface area contributed by atoms with Crippen LogP contribution in [0.1, 0.15) is 18.1 Å². The number of aryl methyl sites for hydroxylation is 1. The van der Waals surface area contributed by atoms with Crippen molar-refractivity contribution in [1.29, 1.82) is 0 Å². The number of nitrogens with one attached hydrogen (secondary N) is 1. The van der Waals surface area contributed by atoms with E-state index < -0.39 is 0 Å². The van der Waals surface area contributed by atoms with Crippen molar-refractivity contribution in [2.45, 2.75) is 13.3 Å². The summed E-state index contributed by atoms with van der Waals surface area (Å²) in [5, 5.41) is 3.57. The first-order valence-electron chi connectivity index (χ1n) is 7.85. The van der Waals surface area contributed by atoms with Crippen LogP contribution in [0, 0.1) is 0 Å². The van der Waals surface area contributed by atoms with Crippen molar-refractivity contribution in [3.05, 3.63) is 76.3 Å². The molecule has 1 amide bonds. The number of benzene rings is 2. The Hall–Kier alpha value is -2.52. The van der Waals surface area contributed by atoms with Crippen LogP contribution in [0.25, 0.3) is 6.08 Å². The minimum atomic E-state index is -0.159. The molecule has 0 saturated heterocycles. The largest absolute Gasteiger partial charge is 0.488 e. The van der Waals surface area contributed by atoms with E-state index in [1.165, 1.54) is 6.08 Å². The second-order valence-corrected chi connectivity index (χ2v) is 5.96. The third kappa shape index (κ3) is 3.87. The van der Waals surface area contributed by atoms with Gasteiger partial charge in [-0.1, -0.05) is 42.8 Å². The van der Waals surface area contributed by atoms with Gasteiger partial charge >= 0.3 is 0 Å². The quantitative estimate of drug-likeness (QED) is 0.807. The number of carbonyl (C=O) groups excluding carboxylic acids is 1. The number of halogens is 1.